The van der Waals surface area contributed by atoms with E-state index in [1.165, 1.54) is 0 Å². The zero-order valence-corrected chi connectivity index (χ0v) is 14.5. The molecule has 26 heavy (non-hydrogen) atoms. The molecule has 0 bridgehead atoms. The molecule has 130 valence electrons. The van der Waals surface area contributed by atoms with Gasteiger partial charge in [-0.3, -0.25) is 4.98 Å². The second-order valence-corrected chi connectivity index (χ2v) is 6.08. The third kappa shape index (κ3) is 2.61. The summed E-state index contributed by atoms with van der Waals surface area (Å²) in [6.45, 7) is 2.10. The third-order valence-corrected chi connectivity index (χ3v) is 4.52. The fraction of sp³-hybridized carbons (Fsp3) is 0.167. The number of anilines is 3. The fourth-order valence-corrected chi connectivity index (χ4v) is 2.98. The smallest absolute Gasteiger partial charge is 0.227 e. The molecule has 0 aliphatic rings. The Morgan fingerprint density at radius 1 is 0.962 bits per heavy atom. The lowest BCUT2D eigenvalue weighted by molar-refractivity contribution is 0.721. The summed E-state index contributed by atoms with van der Waals surface area (Å²) in [5.74, 6) is 0.897. The number of hydrogen-bond donors (Lipinski definition) is 2. The molecule has 3 heterocycles. The van der Waals surface area contributed by atoms with Crippen molar-refractivity contribution in [1.82, 2.24) is 24.9 Å². The van der Waals surface area contributed by atoms with E-state index < -0.39 is 0 Å². The molecule has 1 atom stereocenters. The highest BCUT2D eigenvalue weighted by Crippen LogP contribution is 2.29. The van der Waals surface area contributed by atoms with Gasteiger partial charge in [-0.05, 0) is 24.6 Å². The van der Waals surface area contributed by atoms with Crippen molar-refractivity contribution < 1.29 is 0 Å². The maximum Gasteiger partial charge on any atom is 0.227 e. The van der Waals surface area contributed by atoms with E-state index in [2.05, 4.69) is 37.9 Å². The van der Waals surface area contributed by atoms with Crippen LogP contribution in [-0.2, 0) is 0 Å². The number of rotatable bonds is 3. The molecule has 1 unspecified atom stereocenters. The number of pyridine rings is 1. The van der Waals surface area contributed by atoms with Gasteiger partial charge in [0.2, 0.25) is 11.9 Å². The number of para-hydroxylation sites is 1. The molecule has 4 aromatic rings. The lowest BCUT2D eigenvalue weighted by Gasteiger charge is -2.26. The van der Waals surface area contributed by atoms with Crippen molar-refractivity contribution in [3.63, 3.8) is 0 Å². The van der Waals surface area contributed by atoms with Gasteiger partial charge in [-0.2, -0.15) is 15.0 Å². The van der Waals surface area contributed by atoms with Crippen LogP contribution >= 0.6 is 0 Å². The zero-order valence-electron chi connectivity index (χ0n) is 14.5. The van der Waals surface area contributed by atoms with Gasteiger partial charge in [0.25, 0.3) is 0 Å². The van der Waals surface area contributed by atoms with Gasteiger partial charge >= 0.3 is 0 Å². The second kappa shape index (κ2) is 6.07. The van der Waals surface area contributed by atoms with Crippen molar-refractivity contribution in [1.29, 1.82) is 0 Å². The van der Waals surface area contributed by atoms with Gasteiger partial charge in [0, 0.05) is 24.8 Å². The van der Waals surface area contributed by atoms with Gasteiger partial charge in [0.15, 0.2) is 5.65 Å². The van der Waals surface area contributed by atoms with Crippen molar-refractivity contribution in [2.75, 3.05) is 23.4 Å². The summed E-state index contributed by atoms with van der Waals surface area (Å²) in [6, 6.07) is 10.1. The second-order valence-electron chi connectivity index (χ2n) is 6.08. The van der Waals surface area contributed by atoms with E-state index in [-0.39, 0.29) is 17.8 Å². The highest BCUT2D eigenvalue weighted by atomic mass is 15.3. The molecule has 8 nitrogen and oxygen atoms in total. The van der Waals surface area contributed by atoms with Crippen LogP contribution in [0, 0.1) is 0 Å². The number of aromatic nitrogens is 5. The minimum absolute atomic E-state index is 0.0249. The third-order valence-electron chi connectivity index (χ3n) is 4.52. The first-order valence-electron chi connectivity index (χ1n) is 8.17. The maximum absolute atomic E-state index is 5.86. The first kappa shape index (κ1) is 15.9. The minimum atomic E-state index is 0.0249. The van der Waals surface area contributed by atoms with Gasteiger partial charge in [0.05, 0.1) is 16.9 Å². The molecular formula is C18H18N8. The van der Waals surface area contributed by atoms with Crippen LogP contribution in [0.15, 0.2) is 42.7 Å². The summed E-state index contributed by atoms with van der Waals surface area (Å²) in [7, 11) is 1.94. The van der Waals surface area contributed by atoms with E-state index in [0.717, 1.165) is 16.5 Å². The molecule has 0 saturated carbocycles. The summed E-state index contributed by atoms with van der Waals surface area (Å²) >= 11 is 0. The van der Waals surface area contributed by atoms with Crippen LogP contribution in [0.1, 0.15) is 18.5 Å². The Labute approximate surface area is 149 Å². The molecule has 3 aromatic heterocycles. The average molecular weight is 346 g/mol. The van der Waals surface area contributed by atoms with Gasteiger partial charge < -0.3 is 16.4 Å². The van der Waals surface area contributed by atoms with E-state index >= 15 is 0 Å². The van der Waals surface area contributed by atoms with Crippen LogP contribution in [-0.4, -0.2) is 32.0 Å². The molecule has 0 fully saturated rings. The lowest BCUT2D eigenvalue weighted by atomic mass is 10.0. The van der Waals surface area contributed by atoms with Gasteiger partial charge in [-0.1, -0.05) is 18.2 Å². The first-order chi connectivity index (χ1) is 12.5. The van der Waals surface area contributed by atoms with E-state index in [1.807, 2.05) is 42.4 Å². The molecule has 4 N–H and O–H groups in total. The molecular weight excluding hydrogens is 328 g/mol. The van der Waals surface area contributed by atoms with Crippen LogP contribution in [0.5, 0.6) is 0 Å². The normalized spacial score (nSPS) is 12.4. The van der Waals surface area contributed by atoms with Crippen molar-refractivity contribution in [3.8, 4) is 0 Å². The summed E-state index contributed by atoms with van der Waals surface area (Å²) in [5.41, 5.74) is 14.1. The molecule has 1 aromatic carbocycles. The van der Waals surface area contributed by atoms with Gasteiger partial charge in [0.1, 0.15) is 5.82 Å². The number of fused-ring (bicyclic) bond motifs is 2. The average Bonchev–Trinajstić information content (AvgIpc) is 2.65. The number of nitrogens with zero attached hydrogens (tertiary/aromatic N) is 6. The summed E-state index contributed by atoms with van der Waals surface area (Å²) in [4.78, 5) is 23.4. The standard InChI is InChI=1S/C18H18N8/c1-10(11-7-8-21-14-6-4-3-5-12(11)14)26(2)18-22-9-13-15(19)23-17(20)24-16(13)25-18/h3-10H,1-2H3,(H4,19,20,22,23,24,25). The Morgan fingerprint density at radius 2 is 1.77 bits per heavy atom. The van der Waals surface area contributed by atoms with Crippen molar-refractivity contribution >= 4 is 39.7 Å². The number of nitrogens with two attached hydrogens (primary N) is 2. The van der Waals surface area contributed by atoms with Crippen LogP contribution in [0.25, 0.3) is 21.9 Å². The Balaban J connectivity index is 1.77. The Hall–Kier alpha value is -3.55. The maximum atomic E-state index is 5.86. The number of hydrogen-bond acceptors (Lipinski definition) is 8. The lowest BCUT2D eigenvalue weighted by Crippen LogP contribution is -2.24. The highest BCUT2D eigenvalue weighted by molar-refractivity contribution is 5.86. The van der Waals surface area contributed by atoms with Crippen LogP contribution in [0.3, 0.4) is 0 Å². The summed E-state index contributed by atoms with van der Waals surface area (Å²) < 4.78 is 0. The predicted molar refractivity (Wildman–Crippen MR) is 103 cm³/mol. The largest absolute Gasteiger partial charge is 0.383 e. The zero-order chi connectivity index (χ0) is 18.3. The van der Waals surface area contributed by atoms with E-state index in [4.69, 9.17) is 11.5 Å². The first-order valence-corrected chi connectivity index (χ1v) is 8.17. The SMILES string of the molecule is CC(c1ccnc2ccccc12)N(C)c1ncc2c(N)nc(N)nc2n1. The monoisotopic (exact) mass is 346 g/mol. The van der Waals surface area contributed by atoms with Crippen molar-refractivity contribution in [2.24, 2.45) is 0 Å². The molecule has 0 aliphatic heterocycles. The van der Waals surface area contributed by atoms with Crippen LogP contribution in [0.4, 0.5) is 17.7 Å². The fourth-order valence-electron chi connectivity index (χ4n) is 2.98. The summed E-state index contributed by atoms with van der Waals surface area (Å²) in [6.07, 6.45) is 3.44. The minimum Gasteiger partial charge on any atom is -0.383 e. The van der Waals surface area contributed by atoms with E-state index in [0.29, 0.717) is 17.0 Å². The van der Waals surface area contributed by atoms with Crippen LogP contribution in [0.2, 0.25) is 0 Å². The molecule has 0 radical (unpaired) electrons. The van der Waals surface area contributed by atoms with Crippen molar-refractivity contribution in [2.45, 2.75) is 13.0 Å². The predicted octanol–water partition coefficient (Wildman–Crippen LogP) is 2.33. The van der Waals surface area contributed by atoms with Gasteiger partial charge in [-0.15, -0.1) is 0 Å². The summed E-state index contributed by atoms with van der Waals surface area (Å²) in [5, 5.41) is 1.68. The van der Waals surface area contributed by atoms with E-state index in [9.17, 15) is 0 Å². The molecule has 8 heteroatoms. The number of nitrogen functional groups attached to an aromatic ring is 2. The molecule has 0 aliphatic carbocycles. The number of benzene rings is 1. The molecule has 0 spiro atoms. The Morgan fingerprint density at radius 3 is 2.62 bits per heavy atom. The Bertz CT molecular complexity index is 1110. The molecule has 0 amide bonds. The molecule has 0 saturated heterocycles. The van der Waals surface area contributed by atoms with Crippen molar-refractivity contribution in [3.05, 3.63) is 48.3 Å². The van der Waals surface area contributed by atoms with E-state index in [1.54, 1.807) is 6.20 Å². The van der Waals surface area contributed by atoms with Gasteiger partial charge in [-0.25, -0.2) is 4.98 Å². The quantitative estimate of drug-likeness (QED) is 0.580. The highest BCUT2D eigenvalue weighted by Gasteiger charge is 2.18. The molecule has 4 rings (SSSR count). The van der Waals surface area contributed by atoms with Crippen LogP contribution < -0.4 is 16.4 Å². The Kier molecular flexibility index (Phi) is 3.72. The topological polar surface area (TPSA) is 120 Å².